The van der Waals surface area contributed by atoms with Crippen molar-refractivity contribution in [3.63, 3.8) is 0 Å². The predicted molar refractivity (Wildman–Crippen MR) is 98.8 cm³/mol. The third kappa shape index (κ3) is 3.55. The maximum Gasteiger partial charge on any atom is 0.277 e. The lowest BCUT2D eigenvalue weighted by molar-refractivity contribution is 0.0709. The molecule has 0 bridgehead atoms. The van der Waals surface area contributed by atoms with Gasteiger partial charge in [-0.3, -0.25) is 14.2 Å². The number of aromatic nitrogens is 3. The van der Waals surface area contributed by atoms with E-state index >= 15 is 0 Å². The molecule has 3 aromatic heterocycles. The maximum absolute atomic E-state index is 14.7. The SMILES string of the molecule is CCCC[C@@H](c1cccnc1)N(C)C(=O)c1nc2ccc(Cl)cn2c1F. The van der Waals surface area contributed by atoms with Gasteiger partial charge in [0.25, 0.3) is 5.91 Å². The Bertz CT molecular complexity index is 913. The summed E-state index contributed by atoms with van der Waals surface area (Å²) in [5, 5.41) is 0.373. The number of rotatable bonds is 6. The first-order valence-corrected chi connectivity index (χ1v) is 8.91. The van der Waals surface area contributed by atoms with Crippen LogP contribution in [0.15, 0.2) is 42.9 Å². The first-order chi connectivity index (χ1) is 12.5. The fourth-order valence-corrected chi connectivity index (χ4v) is 3.15. The minimum Gasteiger partial charge on any atom is -0.333 e. The average Bonchev–Trinajstić information content (AvgIpc) is 2.98. The monoisotopic (exact) mass is 374 g/mol. The van der Waals surface area contributed by atoms with E-state index in [1.165, 1.54) is 10.6 Å². The van der Waals surface area contributed by atoms with E-state index in [0.29, 0.717) is 10.7 Å². The van der Waals surface area contributed by atoms with Crippen LogP contribution in [0.4, 0.5) is 4.39 Å². The van der Waals surface area contributed by atoms with E-state index < -0.39 is 11.9 Å². The molecule has 0 N–H and O–H groups in total. The van der Waals surface area contributed by atoms with E-state index in [-0.39, 0.29) is 11.7 Å². The third-order valence-electron chi connectivity index (χ3n) is 4.41. The molecule has 7 heteroatoms. The van der Waals surface area contributed by atoms with Crippen LogP contribution < -0.4 is 0 Å². The Morgan fingerprint density at radius 3 is 2.88 bits per heavy atom. The van der Waals surface area contributed by atoms with Gasteiger partial charge in [-0.1, -0.05) is 37.4 Å². The van der Waals surface area contributed by atoms with E-state index in [1.807, 2.05) is 12.1 Å². The summed E-state index contributed by atoms with van der Waals surface area (Å²) in [4.78, 5) is 22.8. The van der Waals surface area contributed by atoms with Crippen LogP contribution in [-0.2, 0) is 0 Å². The van der Waals surface area contributed by atoms with Crippen LogP contribution in [0.1, 0.15) is 48.3 Å². The molecular weight excluding hydrogens is 355 g/mol. The molecule has 26 heavy (non-hydrogen) atoms. The standard InChI is InChI=1S/C19H20ClFN4O/c1-3-4-7-15(13-6-5-10-22-11-13)24(2)19(26)17-18(21)25-12-14(20)8-9-16(25)23-17/h5-6,8-12,15H,3-4,7H2,1-2H3/t15-/m0/s1. The molecule has 0 fully saturated rings. The predicted octanol–water partition coefficient (Wildman–Crippen LogP) is 4.53. The van der Waals surface area contributed by atoms with Gasteiger partial charge in [0.2, 0.25) is 5.95 Å². The maximum atomic E-state index is 14.7. The highest BCUT2D eigenvalue weighted by molar-refractivity contribution is 6.30. The fraction of sp³-hybridized carbons (Fsp3) is 0.316. The first-order valence-electron chi connectivity index (χ1n) is 8.53. The largest absolute Gasteiger partial charge is 0.333 e. The molecule has 1 atom stereocenters. The quantitative estimate of drug-likeness (QED) is 0.637. The number of hydrogen-bond donors (Lipinski definition) is 0. The van der Waals surface area contributed by atoms with Crippen LogP contribution in [0.2, 0.25) is 5.02 Å². The lowest BCUT2D eigenvalue weighted by atomic mass is 10.0. The van der Waals surface area contributed by atoms with Crippen molar-refractivity contribution in [2.45, 2.75) is 32.2 Å². The van der Waals surface area contributed by atoms with Crippen molar-refractivity contribution >= 4 is 23.2 Å². The Hall–Kier alpha value is -2.47. The lowest BCUT2D eigenvalue weighted by Crippen LogP contribution is -2.32. The van der Waals surface area contributed by atoms with Crippen LogP contribution >= 0.6 is 11.6 Å². The van der Waals surface area contributed by atoms with Gasteiger partial charge >= 0.3 is 0 Å². The summed E-state index contributed by atoms with van der Waals surface area (Å²) >= 11 is 5.91. The Morgan fingerprint density at radius 1 is 1.38 bits per heavy atom. The van der Waals surface area contributed by atoms with Gasteiger partial charge in [0.1, 0.15) is 5.65 Å². The molecule has 0 aliphatic rings. The summed E-state index contributed by atoms with van der Waals surface area (Å²) in [5.41, 5.74) is 1.05. The molecule has 0 aromatic carbocycles. The Labute approximate surface area is 156 Å². The minimum absolute atomic E-state index is 0.191. The van der Waals surface area contributed by atoms with Crippen LogP contribution in [0.3, 0.4) is 0 Å². The number of hydrogen-bond acceptors (Lipinski definition) is 3. The van der Waals surface area contributed by atoms with Gasteiger partial charge in [-0.05, 0) is 30.2 Å². The van der Waals surface area contributed by atoms with Gasteiger partial charge in [0, 0.05) is 25.6 Å². The highest BCUT2D eigenvalue weighted by Crippen LogP contribution is 2.27. The van der Waals surface area contributed by atoms with Crippen molar-refractivity contribution in [1.82, 2.24) is 19.3 Å². The number of fused-ring (bicyclic) bond motifs is 1. The van der Waals surface area contributed by atoms with Crippen molar-refractivity contribution in [3.8, 4) is 0 Å². The summed E-state index contributed by atoms with van der Waals surface area (Å²) in [7, 11) is 1.67. The summed E-state index contributed by atoms with van der Waals surface area (Å²) in [6.45, 7) is 2.09. The Morgan fingerprint density at radius 2 is 2.19 bits per heavy atom. The van der Waals surface area contributed by atoms with Gasteiger partial charge in [0.05, 0.1) is 11.1 Å². The number of halogens is 2. The number of carbonyl (C=O) groups excluding carboxylic acids is 1. The number of nitrogens with zero attached hydrogens (tertiary/aromatic N) is 4. The normalized spacial score (nSPS) is 12.3. The van der Waals surface area contributed by atoms with E-state index in [1.54, 1.807) is 36.5 Å². The second-order valence-corrected chi connectivity index (χ2v) is 6.62. The van der Waals surface area contributed by atoms with Gasteiger partial charge < -0.3 is 4.90 Å². The van der Waals surface area contributed by atoms with Gasteiger partial charge in [-0.25, -0.2) is 4.98 Å². The number of imidazole rings is 1. The second-order valence-electron chi connectivity index (χ2n) is 6.19. The average molecular weight is 375 g/mol. The second kappa shape index (κ2) is 7.83. The summed E-state index contributed by atoms with van der Waals surface area (Å²) in [6, 6.07) is 6.76. The van der Waals surface area contributed by atoms with Crippen molar-refractivity contribution < 1.29 is 9.18 Å². The Kier molecular flexibility index (Phi) is 5.52. The van der Waals surface area contributed by atoms with E-state index in [9.17, 15) is 9.18 Å². The fourth-order valence-electron chi connectivity index (χ4n) is 2.99. The molecule has 5 nitrogen and oxygen atoms in total. The smallest absolute Gasteiger partial charge is 0.277 e. The molecule has 0 aliphatic carbocycles. The molecule has 0 spiro atoms. The lowest BCUT2D eigenvalue weighted by Gasteiger charge is -2.28. The van der Waals surface area contributed by atoms with Crippen LogP contribution in [0.5, 0.6) is 0 Å². The van der Waals surface area contributed by atoms with Crippen molar-refractivity contribution in [3.05, 3.63) is 65.1 Å². The molecule has 0 saturated carbocycles. The van der Waals surface area contributed by atoms with Crippen molar-refractivity contribution in [1.29, 1.82) is 0 Å². The van der Waals surface area contributed by atoms with E-state index in [0.717, 1.165) is 24.8 Å². The highest BCUT2D eigenvalue weighted by Gasteiger charge is 2.27. The molecule has 3 rings (SSSR count). The van der Waals surface area contributed by atoms with Crippen molar-refractivity contribution in [2.24, 2.45) is 0 Å². The summed E-state index contributed by atoms with van der Waals surface area (Å²) in [5.74, 6) is -1.17. The van der Waals surface area contributed by atoms with Crippen molar-refractivity contribution in [2.75, 3.05) is 7.05 Å². The number of carbonyl (C=O) groups is 1. The molecule has 3 heterocycles. The molecule has 3 aromatic rings. The molecule has 0 aliphatic heterocycles. The van der Waals surface area contributed by atoms with Gasteiger partial charge in [-0.2, -0.15) is 4.39 Å². The Balaban J connectivity index is 1.95. The minimum atomic E-state index is -0.709. The molecule has 0 unspecified atom stereocenters. The summed E-state index contributed by atoms with van der Waals surface area (Å²) < 4.78 is 15.9. The summed E-state index contributed by atoms with van der Waals surface area (Å²) in [6.07, 6.45) is 7.55. The molecule has 0 radical (unpaired) electrons. The third-order valence-corrected chi connectivity index (χ3v) is 4.64. The number of amides is 1. The number of pyridine rings is 2. The van der Waals surface area contributed by atoms with Crippen LogP contribution in [-0.4, -0.2) is 32.2 Å². The molecule has 1 amide bonds. The van der Waals surface area contributed by atoms with Crippen LogP contribution in [0.25, 0.3) is 5.65 Å². The zero-order valence-corrected chi connectivity index (χ0v) is 15.4. The number of unbranched alkanes of at least 4 members (excludes halogenated alkanes) is 1. The van der Waals surface area contributed by atoms with Gasteiger partial charge in [0.15, 0.2) is 5.69 Å². The first kappa shape index (κ1) is 18.3. The van der Waals surface area contributed by atoms with Crippen LogP contribution in [0, 0.1) is 5.95 Å². The van der Waals surface area contributed by atoms with E-state index in [2.05, 4.69) is 16.9 Å². The zero-order chi connectivity index (χ0) is 18.7. The molecular formula is C19H20ClFN4O. The van der Waals surface area contributed by atoms with Gasteiger partial charge in [-0.15, -0.1) is 0 Å². The van der Waals surface area contributed by atoms with E-state index in [4.69, 9.17) is 11.6 Å². The topological polar surface area (TPSA) is 50.5 Å². The zero-order valence-electron chi connectivity index (χ0n) is 14.7. The molecule has 136 valence electrons. The molecule has 0 saturated heterocycles. The highest BCUT2D eigenvalue weighted by atomic mass is 35.5.